The van der Waals surface area contributed by atoms with Crippen LogP contribution in [-0.2, 0) is 6.42 Å². The molecule has 1 aromatic carbocycles. The average molecular weight is 342 g/mol. The summed E-state index contributed by atoms with van der Waals surface area (Å²) in [6.45, 7) is 4.47. The minimum atomic E-state index is -0.216. The van der Waals surface area contributed by atoms with Crippen molar-refractivity contribution in [2.75, 3.05) is 11.9 Å². The highest BCUT2D eigenvalue weighted by atomic mass is 35.5. The molecule has 0 unspecified atom stereocenters. The second kappa shape index (κ2) is 8.73. The van der Waals surface area contributed by atoms with Gasteiger partial charge in [0, 0.05) is 17.5 Å². The molecular formula is C15H20ClN3O2S. The highest BCUT2D eigenvalue weighted by Crippen LogP contribution is 2.18. The number of nitrogens with one attached hydrogen (secondary N) is 1. The summed E-state index contributed by atoms with van der Waals surface area (Å²) in [4.78, 5) is 16.3. The van der Waals surface area contributed by atoms with Gasteiger partial charge < -0.3 is 15.8 Å². The van der Waals surface area contributed by atoms with Gasteiger partial charge in [0.1, 0.15) is 11.4 Å². The van der Waals surface area contributed by atoms with Crippen LogP contribution >= 0.6 is 23.7 Å². The first-order valence-electron chi connectivity index (χ1n) is 6.81. The Morgan fingerprint density at radius 1 is 1.36 bits per heavy atom. The van der Waals surface area contributed by atoms with Gasteiger partial charge >= 0.3 is 0 Å². The molecule has 3 N–H and O–H groups in total. The molecule has 0 saturated carbocycles. The zero-order chi connectivity index (χ0) is 15.2. The lowest BCUT2D eigenvalue weighted by atomic mass is 10.3. The van der Waals surface area contributed by atoms with Crippen molar-refractivity contribution < 1.29 is 9.53 Å². The molecular weight excluding hydrogens is 322 g/mol. The van der Waals surface area contributed by atoms with Crippen LogP contribution in [0.5, 0.6) is 5.75 Å². The summed E-state index contributed by atoms with van der Waals surface area (Å²) in [6.07, 6.45) is 0.820. The van der Waals surface area contributed by atoms with Gasteiger partial charge in [-0.1, -0.05) is 0 Å². The second-order valence-electron chi connectivity index (χ2n) is 4.81. The van der Waals surface area contributed by atoms with Gasteiger partial charge in [-0.3, -0.25) is 4.79 Å². The topological polar surface area (TPSA) is 77.2 Å². The van der Waals surface area contributed by atoms with Gasteiger partial charge in [0.2, 0.25) is 0 Å². The zero-order valence-electron chi connectivity index (χ0n) is 12.5. The lowest BCUT2D eigenvalue weighted by Gasteiger charge is -2.10. The van der Waals surface area contributed by atoms with Crippen LogP contribution in [0.4, 0.5) is 5.69 Å². The number of halogens is 1. The number of ether oxygens (including phenoxy) is 1. The van der Waals surface area contributed by atoms with E-state index in [1.807, 2.05) is 38.1 Å². The van der Waals surface area contributed by atoms with Crippen molar-refractivity contribution in [2.45, 2.75) is 26.4 Å². The summed E-state index contributed by atoms with van der Waals surface area (Å²) >= 11 is 1.45. The summed E-state index contributed by atoms with van der Waals surface area (Å²) in [5.74, 6) is 0.564. The molecule has 0 spiro atoms. The van der Waals surface area contributed by atoms with Crippen LogP contribution in [0, 0.1) is 0 Å². The number of benzene rings is 1. The van der Waals surface area contributed by atoms with E-state index in [1.165, 1.54) is 11.3 Å². The van der Waals surface area contributed by atoms with Gasteiger partial charge in [0.25, 0.3) is 5.91 Å². The minimum absolute atomic E-state index is 0. The van der Waals surface area contributed by atoms with Crippen LogP contribution in [0.2, 0.25) is 0 Å². The second-order valence-corrected chi connectivity index (χ2v) is 5.75. The summed E-state index contributed by atoms with van der Waals surface area (Å²) in [6, 6.07) is 7.28. The molecule has 2 rings (SSSR count). The van der Waals surface area contributed by atoms with Crippen molar-refractivity contribution in [3.8, 4) is 5.75 Å². The summed E-state index contributed by atoms with van der Waals surface area (Å²) in [7, 11) is 0. The molecule has 2 aromatic rings. The Hall–Kier alpha value is -1.63. The maximum atomic E-state index is 12.1. The van der Waals surface area contributed by atoms with E-state index in [4.69, 9.17) is 10.5 Å². The first-order chi connectivity index (χ1) is 10.1. The number of nitrogens with two attached hydrogens (primary N) is 1. The summed E-state index contributed by atoms with van der Waals surface area (Å²) < 4.78 is 5.55. The highest BCUT2D eigenvalue weighted by Gasteiger charge is 2.10. The Kier molecular flexibility index (Phi) is 7.31. The minimum Gasteiger partial charge on any atom is -0.491 e. The summed E-state index contributed by atoms with van der Waals surface area (Å²) in [5, 5.41) is 5.44. The van der Waals surface area contributed by atoms with E-state index in [0.717, 1.165) is 10.8 Å². The molecule has 1 heterocycles. The first-order valence-corrected chi connectivity index (χ1v) is 7.69. The molecule has 0 aliphatic rings. The number of amides is 1. The molecule has 0 saturated heterocycles. The van der Waals surface area contributed by atoms with Crippen LogP contribution < -0.4 is 15.8 Å². The molecule has 7 heteroatoms. The number of nitrogens with zero attached hydrogens (tertiary/aromatic N) is 1. The quantitative estimate of drug-likeness (QED) is 0.846. The lowest BCUT2D eigenvalue weighted by Crippen LogP contribution is -2.13. The van der Waals surface area contributed by atoms with Crippen molar-refractivity contribution in [3.63, 3.8) is 0 Å². The molecule has 0 aliphatic carbocycles. The Bertz CT molecular complexity index is 599. The molecule has 0 bridgehead atoms. The van der Waals surface area contributed by atoms with Crippen molar-refractivity contribution in [1.29, 1.82) is 0 Å². The number of rotatable bonds is 6. The maximum absolute atomic E-state index is 12.1. The number of carbonyl (C=O) groups is 1. The van der Waals surface area contributed by atoms with Gasteiger partial charge in [-0.25, -0.2) is 4.98 Å². The predicted octanol–water partition coefficient (Wildman–Crippen LogP) is 3.11. The number of hydrogen-bond acceptors (Lipinski definition) is 5. The fourth-order valence-electron chi connectivity index (χ4n) is 1.74. The molecule has 0 radical (unpaired) electrons. The number of thiazole rings is 1. The van der Waals surface area contributed by atoms with Gasteiger partial charge in [0.15, 0.2) is 0 Å². The van der Waals surface area contributed by atoms with Crippen LogP contribution in [0.25, 0.3) is 0 Å². The first kappa shape index (κ1) is 18.4. The van der Waals surface area contributed by atoms with Gasteiger partial charge in [-0.15, -0.1) is 23.7 Å². The molecule has 120 valence electrons. The van der Waals surface area contributed by atoms with Crippen LogP contribution in [0.1, 0.15) is 29.3 Å². The molecule has 0 atom stereocenters. The van der Waals surface area contributed by atoms with Gasteiger partial charge in [-0.05, 0) is 44.7 Å². The maximum Gasteiger partial charge on any atom is 0.275 e. The standard InChI is InChI=1S/C15H19N3O2S.ClH/c1-10(2)20-12-5-3-11(4-6-12)17-15(19)13-9-21-14(18-13)7-8-16;/h3-6,9-10H,7-8,16H2,1-2H3,(H,17,19);1H. The molecule has 1 amide bonds. The third-order valence-corrected chi connectivity index (χ3v) is 3.54. The van der Waals surface area contributed by atoms with E-state index in [2.05, 4.69) is 10.3 Å². The largest absolute Gasteiger partial charge is 0.491 e. The monoisotopic (exact) mass is 341 g/mol. The third-order valence-electron chi connectivity index (χ3n) is 2.63. The Morgan fingerprint density at radius 3 is 2.64 bits per heavy atom. The van der Waals surface area contributed by atoms with Crippen molar-refractivity contribution in [3.05, 3.63) is 40.3 Å². The molecule has 0 fully saturated rings. The smallest absolute Gasteiger partial charge is 0.275 e. The van der Waals surface area contributed by atoms with E-state index < -0.39 is 0 Å². The highest BCUT2D eigenvalue weighted by molar-refractivity contribution is 7.09. The number of aromatic nitrogens is 1. The van der Waals surface area contributed by atoms with E-state index >= 15 is 0 Å². The van der Waals surface area contributed by atoms with Crippen LogP contribution in [-0.4, -0.2) is 23.5 Å². The van der Waals surface area contributed by atoms with E-state index in [-0.39, 0.29) is 24.4 Å². The lowest BCUT2D eigenvalue weighted by molar-refractivity contribution is 0.102. The Labute approximate surface area is 140 Å². The molecule has 5 nitrogen and oxygen atoms in total. The van der Waals surface area contributed by atoms with Crippen LogP contribution in [0.15, 0.2) is 29.6 Å². The molecule has 0 aliphatic heterocycles. The molecule has 22 heavy (non-hydrogen) atoms. The summed E-state index contributed by atoms with van der Waals surface area (Å²) in [5.41, 5.74) is 6.61. The predicted molar refractivity (Wildman–Crippen MR) is 92.3 cm³/mol. The fraction of sp³-hybridized carbons (Fsp3) is 0.333. The number of carbonyl (C=O) groups excluding carboxylic acids is 1. The number of anilines is 1. The van der Waals surface area contributed by atoms with E-state index in [9.17, 15) is 4.79 Å². The number of hydrogen-bond donors (Lipinski definition) is 2. The average Bonchev–Trinajstić information content (AvgIpc) is 2.89. The van der Waals surface area contributed by atoms with E-state index in [1.54, 1.807) is 5.38 Å². The van der Waals surface area contributed by atoms with E-state index in [0.29, 0.717) is 24.3 Å². The SMILES string of the molecule is CC(C)Oc1ccc(NC(=O)c2csc(CCN)n2)cc1.Cl. The van der Waals surface area contributed by atoms with Crippen molar-refractivity contribution in [1.82, 2.24) is 4.98 Å². The fourth-order valence-corrected chi connectivity index (χ4v) is 2.53. The van der Waals surface area contributed by atoms with Crippen molar-refractivity contribution in [2.24, 2.45) is 5.73 Å². The van der Waals surface area contributed by atoms with Crippen molar-refractivity contribution >= 4 is 35.3 Å². The van der Waals surface area contributed by atoms with Gasteiger partial charge in [-0.2, -0.15) is 0 Å². The Morgan fingerprint density at radius 2 is 2.05 bits per heavy atom. The normalized spacial score (nSPS) is 10.2. The van der Waals surface area contributed by atoms with Crippen LogP contribution in [0.3, 0.4) is 0 Å². The zero-order valence-corrected chi connectivity index (χ0v) is 14.2. The Balaban J connectivity index is 0.00000242. The van der Waals surface area contributed by atoms with Gasteiger partial charge in [0.05, 0.1) is 11.1 Å². The third kappa shape index (κ3) is 5.29. The molecule has 1 aromatic heterocycles.